The molecule has 17 heavy (non-hydrogen) atoms. The van der Waals surface area contributed by atoms with Crippen LogP contribution in [-0.2, 0) is 6.54 Å². The van der Waals surface area contributed by atoms with Crippen LogP contribution in [0.25, 0.3) is 0 Å². The number of hydrogen-bond donors (Lipinski definition) is 1. The third-order valence-electron chi connectivity index (χ3n) is 3.41. The molecule has 1 aromatic rings. The van der Waals surface area contributed by atoms with E-state index in [2.05, 4.69) is 5.32 Å². The predicted molar refractivity (Wildman–Crippen MR) is 75.2 cm³/mol. The number of nitrogens with one attached hydrogen (secondary N) is 1. The molecule has 1 nitrogen and oxygen atoms in total. The second kappa shape index (κ2) is 6.29. The van der Waals surface area contributed by atoms with Gasteiger partial charge in [0.1, 0.15) is 0 Å². The van der Waals surface area contributed by atoms with Gasteiger partial charge in [-0.15, -0.1) is 11.6 Å². The molecule has 0 aromatic heterocycles. The largest absolute Gasteiger partial charge is 0.310 e. The van der Waals surface area contributed by atoms with Gasteiger partial charge < -0.3 is 5.32 Å². The molecule has 4 heteroatoms. The summed E-state index contributed by atoms with van der Waals surface area (Å²) < 4.78 is 0. The Labute approximate surface area is 117 Å². The van der Waals surface area contributed by atoms with Crippen LogP contribution in [0.2, 0.25) is 10.0 Å². The van der Waals surface area contributed by atoms with Gasteiger partial charge in [0.05, 0.1) is 10.0 Å². The minimum atomic E-state index is 0.543. The monoisotopic (exact) mass is 291 g/mol. The summed E-state index contributed by atoms with van der Waals surface area (Å²) in [5.74, 6) is 1.36. The fourth-order valence-electron chi connectivity index (χ4n) is 2.39. The van der Waals surface area contributed by atoms with Gasteiger partial charge in [0.15, 0.2) is 0 Å². The Kier molecular flexibility index (Phi) is 4.98. The molecule has 2 atom stereocenters. The van der Waals surface area contributed by atoms with E-state index in [4.69, 9.17) is 34.8 Å². The molecule has 0 amide bonds. The van der Waals surface area contributed by atoms with Crippen molar-refractivity contribution in [3.05, 3.63) is 33.8 Å². The smallest absolute Gasteiger partial charge is 0.0595 e. The molecule has 2 unspecified atom stereocenters. The van der Waals surface area contributed by atoms with Gasteiger partial charge in [0.2, 0.25) is 0 Å². The molecule has 1 aliphatic carbocycles. The number of halogens is 3. The molecule has 1 aliphatic rings. The summed E-state index contributed by atoms with van der Waals surface area (Å²) in [5, 5.41) is 4.78. The van der Waals surface area contributed by atoms with Crippen LogP contribution < -0.4 is 5.32 Å². The lowest BCUT2D eigenvalue weighted by Gasteiger charge is -2.19. The topological polar surface area (TPSA) is 12.0 Å². The molecular formula is C13H16Cl3N. The maximum absolute atomic E-state index is 5.98. The predicted octanol–water partition coefficient (Wildman–Crippen LogP) is 4.49. The van der Waals surface area contributed by atoms with Crippen LogP contribution in [-0.4, -0.2) is 11.9 Å². The van der Waals surface area contributed by atoms with Crippen molar-refractivity contribution in [2.75, 3.05) is 5.88 Å². The van der Waals surface area contributed by atoms with E-state index in [1.165, 1.54) is 24.8 Å². The zero-order chi connectivity index (χ0) is 12.3. The summed E-state index contributed by atoms with van der Waals surface area (Å²) in [7, 11) is 0. The van der Waals surface area contributed by atoms with Gasteiger partial charge in [-0.05, 0) is 36.5 Å². The van der Waals surface area contributed by atoms with Gasteiger partial charge in [0, 0.05) is 18.5 Å². The molecule has 1 aromatic carbocycles. The van der Waals surface area contributed by atoms with E-state index >= 15 is 0 Å². The second-order valence-electron chi connectivity index (χ2n) is 4.58. The number of rotatable bonds is 4. The third-order valence-corrected chi connectivity index (χ3v) is 4.55. The first-order chi connectivity index (χ1) is 8.20. The van der Waals surface area contributed by atoms with Crippen molar-refractivity contribution < 1.29 is 0 Å². The van der Waals surface area contributed by atoms with Crippen LogP contribution in [0.3, 0.4) is 0 Å². The van der Waals surface area contributed by atoms with Gasteiger partial charge >= 0.3 is 0 Å². The molecule has 2 rings (SSSR count). The third kappa shape index (κ3) is 3.51. The fourth-order valence-corrected chi connectivity index (χ4v) is 3.08. The Bertz CT molecular complexity index is 381. The molecule has 1 fully saturated rings. The van der Waals surface area contributed by atoms with E-state index in [1.807, 2.05) is 18.2 Å². The highest BCUT2D eigenvalue weighted by Crippen LogP contribution is 2.27. The molecular weight excluding hydrogens is 277 g/mol. The second-order valence-corrected chi connectivity index (χ2v) is 5.70. The Morgan fingerprint density at radius 1 is 1.18 bits per heavy atom. The van der Waals surface area contributed by atoms with Crippen LogP contribution >= 0.6 is 34.8 Å². The van der Waals surface area contributed by atoms with Crippen molar-refractivity contribution in [2.45, 2.75) is 31.8 Å². The first-order valence-corrected chi connectivity index (χ1v) is 7.23. The minimum Gasteiger partial charge on any atom is -0.310 e. The van der Waals surface area contributed by atoms with Gasteiger partial charge in [-0.3, -0.25) is 0 Å². The van der Waals surface area contributed by atoms with E-state index in [0.29, 0.717) is 22.0 Å². The Balaban J connectivity index is 1.91. The quantitative estimate of drug-likeness (QED) is 0.806. The number of hydrogen-bond acceptors (Lipinski definition) is 1. The van der Waals surface area contributed by atoms with Crippen molar-refractivity contribution in [3.63, 3.8) is 0 Å². The lowest BCUT2D eigenvalue weighted by atomic mass is 10.1. The summed E-state index contributed by atoms with van der Waals surface area (Å²) in [6.45, 7) is 0.828. The zero-order valence-corrected chi connectivity index (χ0v) is 11.8. The zero-order valence-electron chi connectivity index (χ0n) is 9.56. The first kappa shape index (κ1) is 13.5. The summed E-state index contributed by atoms with van der Waals surface area (Å²) in [5.41, 5.74) is 1.17. The highest BCUT2D eigenvalue weighted by atomic mass is 35.5. The van der Waals surface area contributed by atoms with Crippen molar-refractivity contribution in [2.24, 2.45) is 5.92 Å². The molecule has 0 saturated heterocycles. The van der Waals surface area contributed by atoms with Crippen molar-refractivity contribution in [1.82, 2.24) is 5.32 Å². The maximum Gasteiger partial charge on any atom is 0.0595 e. The Hall–Kier alpha value is 0.0500. The first-order valence-electron chi connectivity index (χ1n) is 5.94. The lowest BCUT2D eigenvalue weighted by molar-refractivity contribution is 0.429. The van der Waals surface area contributed by atoms with Crippen LogP contribution in [0.1, 0.15) is 24.8 Å². The normalized spacial score (nSPS) is 24.2. The van der Waals surface area contributed by atoms with Crippen LogP contribution in [0.5, 0.6) is 0 Å². The minimum absolute atomic E-state index is 0.543. The van der Waals surface area contributed by atoms with Crippen molar-refractivity contribution in [3.8, 4) is 0 Å². The molecule has 94 valence electrons. The standard InChI is InChI=1S/C13H16Cl3N/c14-7-10-2-1-3-13(10)17-8-9-4-5-11(15)12(16)6-9/h4-6,10,13,17H,1-3,7-8H2. The van der Waals surface area contributed by atoms with Crippen molar-refractivity contribution in [1.29, 1.82) is 0 Å². The van der Waals surface area contributed by atoms with Crippen LogP contribution in [0.4, 0.5) is 0 Å². The van der Waals surface area contributed by atoms with Crippen molar-refractivity contribution >= 4 is 34.8 Å². The van der Waals surface area contributed by atoms with Gasteiger partial charge in [-0.25, -0.2) is 0 Å². The highest BCUT2D eigenvalue weighted by molar-refractivity contribution is 6.42. The summed E-state index contributed by atoms with van der Waals surface area (Å²) >= 11 is 17.8. The van der Waals surface area contributed by atoms with Crippen LogP contribution in [0.15, 0.2) is 18.2 Å². The summed E-state index contributed by atoms with van der Waals surface area (Å²) in [6.07, 6.45) is 3.73. The molecule has 0 spiro atoms. The highest BCUT2D eigenvalue weighted by Gasteiger charge is 2.25. The Morgan fingerprint density at radius 3 is 2.71 bits per heavy atom. The number of alkyl halides is 1. The molecule has 0 bridgehead atoms. The summed E-state index contributed by atoms with van der Waals surface area (Å²) in [4.78, 5) is 0. The van der Waals surface area contributed by atoms with Crippen LogP contribution in [0, 0.1) is 5.92 Å². The van der Waals surface area contributed by atoms with Gasteiger partial charge in [-0.1, -0.05) is 35.7 Å². The molecule has 1 N–H and O–H groups in total. The van der Waals surface area contributed by atoms with E-state index in [-0.39, 0.29) is 0 Å². The molecule has 1 saturated carbocycles. The average molecular weight is 293 g/mol. The molecule has 0 radical (unpaired) electrons. The van der Waals surface area contributed by atoms with E-state index < -0.39 is 0 Å². The maximum atomic E-state index is 5.98. The number of benzene rings is 1. The molecule has 0 aliphatic heterocycles. The summed E-state index contributed by atoms with van der Waals surface area (Å²) in [6, 6.07) is 6.31. The Morgan fingerprint density at radius 2 is 2.00 bits per heavy atom. The molecule has 0 heterocycles. The SMILES string of the molecule is ClCC1CCCC1NCc1ccc(Cl)c(Cl)c1. The van der Waals surface area contributed by atoms with Gasteiger partial charge in [0.25, 0.3) is 0 Å². The van der Waals surface area contributed by atoms with E-state index in [9.17, 15) is 0 Å². The lowest BCUT2D eigenvalue weighted by Crippen LogP contribution is -2.32. The fraction of sp³-hybridized carbons (Fsp3) is 0.538. The average Bonchev–Trinajstić information content (AvgIpc) is 2.78. The van der Waals surface area contributed by atoms with E-state index in [0.717, 1.165) is 12.4 Å². The van der Waals surface area contributed by atoms with Gasteiger partial charge in [-0.2, -0.15) is 0 Å². The van der Waals surface area contributed by atoms with E-state index in [1.54, 1.807) is 0 Å².